The van der Waals surface area contributed by atoms with Gasteiger partial charge in [0.1, 0.15) is 0 Å². The largest absolute Gasteiger partial charge is 0.396 e. The van der Waals surface area contributed by atoms with E-state index in [0.717, 1.165) is 25.7 Å². The van der Waals surface area contributed by atoms with Crippen molar-refractivity contribution in [2.75, 3.05) is 13.2 Å². The molecule has 4 nitrogen and oxygen atoms in total. The van der Waals surface area contributed by atoms with Crippen LogP contribution in [0, 0.1) is 11.8 Å². The molecule has 0 saturated heterocycles. The number of nitrogens with one attached hydrogen (secondary N) is 2. The van der Waals surface area contributed by atoms with Crippen molar-refractivity contribution in [3.05, 3.63) is 0 Å². The lowest BCUT2D eigenvalue weighted by atomic mass is 9.94. The predicted octanol–water partition coefficient (Wildman–Crippen LogP) is 3.05. The average Bonchev–Trinajstić information content (AvgIpc) is 2.64. The zero-order valence-corrected chi connectivity index (χ0v) is 13.2. The van der Waals surface area contributed by atoms with Gasteiger partial charge in [-0.3, -0.25) is 0 Å². The van der Waals surface area contributed by atoms with Crippen LogP contribution in [0.5, 0.6) is 0 Å². The Morgan fingerprint density at radius 2 is 1.85 bits per heavy atom. The Balaban J connectivity index is 2.25. The molecule has 1 aliphatic carbocycles. The number of carbonyl (C=O) groups is 1. The fraction of sp³-hybridized carbons (Fsp3) is 0.938. The fourth-order valence-electron chi connectivity index (χ4n) is 3.05. The number of carbonyl (C=O) groups excluding carboxylic acids is 1. The Morgan fingerprint density at radius 3 is 2.40 bits per heavy atom. The van der Waals surface area contributed by atoms with Gasteiger partial charge in [0.2, 0.25) is 0 Å². The molecule has 3 N–H and O–H groups in total. The summed E-state index contributed by atoms with van der Waals surface area (Å²) in [5.74, 6) is 0.971. The summed E-state index contributed by atoms with van der Waals surface area (Å²) in [7, 11) is 0. The first-order valence-electron chi connectivity index (χ1n) is 8.27. The summed E-state index contributed by atoms with van der Waals surface area (Å²) in [5, 5.41) is 15.2. The van der Waals surface area contributed by atoms with Gasteiger partial charge in [-0.1, -0.05) is 39.5 Å². The van der Waals surface area contributed by atoms with Crippen molar-refractivity contribution < 1.29 is 9.90 Å². The van der Waals surface area contributed by atoms with E-state index in [1.54, 1.807) is 0 Å². The van der Waals surface area contributed by atoms with Crippen LogP contribution in [0.2, 0.25) is 0 Å². The molecule has 1 aliphatic rings. The molecule has 0 aliphatic heterocycles. The molecule has 0 spiro atoms. The number of hydrogen-bond acceptors (Lipinski definition) is 2. The topological polar surface area (TPSA) is 61.4 Å². The van der Waals surface area contributed by atoms with Crippen LogP contribution in [0.1, 0.15) is 65.2 Å². The van der Waals surface area contributed by atoms with E-state index in [9.17, 15) is 4.79 Å². The van der Waals surface area contributed by atoms with E-state index in [1.807, 2.05) is 0 Å². The second-order valence-corrected chi connectivity index (χ2v) is 6.55. The maximum absolute atomic E-state index is 11.9. The van der Waals surface area contributed by atoms with Gasteiger partial charge in [-0.15, -0.1) is 0 Å². The number of aliphatic hydroxyl groups excluding tert-OH is 1. The lowest BCUT2D eigenvalue weighted by Gasteiger charge is -2.21. The van der Waals surface area contributed by atoms with E-state index in [2.05, 4.69) is 24.5 Å². The van der Waals surface area contributed by atoms with Gasteiger partial charge in [0.25, 0.3) is 0 Å². The van der Waals surface area contributed by atoms with Crippen molar-refractivity contribution in [1.29, 1.82) is 0 Å². The number of urea groups is 1. The molecule has 0 heterocycles. The van der Waals surface area contributed by atoms with Crippen LogP contribution >= 0.6 is 0 Å². The molecular weight excluding hydrogens is 252 g/mol. The highest BCUT2D eigenvalue weighted by atomic mass is 16.3. The smallest absolute Gasteiger partial charge is 0.315 e. The molecule has 1 unspecified atom stereocenters. The van der Waals surface area contributed by atoms with Crippen LogP contribution in [0.15, 0.2) is 0 Å². The van der Waals surface area contributed by atoms with Gasteiger partial charge in [-0.25, -0.2) is 4.79 Å². The van der Waals surface area contributed by atoms with Crippen molar-refractivity contribution >= 4 is 6.03 Å². The second-order valence-electron chi connectivity index (χ2n) is 6.55. The summed E-state index contributed by atoms with van der Waals surface area (Å²) in [6.45, 7) is 5.21. The van der Waals surface area contributed by atoms with Gasteiger partial charge in [0.05, 0.1) is 0 Å². The van der Waals surface area contributed by atoms with Crippen LogP contribution in [0.3, 0.4) is 0 Å². The maximum Gasteiger partial charge on any atom is 0.315 e. The van der Waals surface area contributed by atoms with E-state index < -0.39 is 0 Å². The Kier molecular flexibility index (Phi) is 8.67. The van der Waals surface area contributed by atoms with E-state index >= 15 is 0 Å². The lowest BCUT2D eigenvalue weighted by molar-refractivity contribution is 0.221. The van der Waals surface area contributed by atoms with E-state index in [0.29, 0.717) is 24.4 Å². The zero-order chi connectivity index (χ0) is 14.8. The maximum atomic E-state index is 11.9. The number of amides is 2. The van der Waals surface area contributed by atoms with Crippen LogP contribution in [0.25, 0.3) is 0 Å². The minimum atomic E-state index is -0.0383. The molecule has 2 amide bonds. The van der Waals surface area contributed by atoms with Gasteiger partial charge in [0, 0.05) is 19.2 Å². The standard InChI is InChI=1S/C16H32N2O2/c1-13(2)11-14(9-10-19)12-17-16(20)18-15-7-5-3-4-6-8-15/h13-15,19H,3-12H2,1-2H3,(H2,17,18,20). The second kappa shape index (κ2) is 10.0. The molecule has 118 valence electrons. The lowest BCUT2D eigenvalue weighted by Crippen LogP contribution is -2.43. The van der Waals surface area contributed by atoms with Gasteiger partial charge >= 0.3 is 6.03 Å². The minimum Gasteiger partial charge on any atom is -0.396 e. The van der Waals surface area contributed by atoms with E-state index in [1.165, 1.54) is 25.7 Å². The number of hydrogen-bond donors (Lipinski definition) is 3. The molecule has 1 rings (SSSR count). The Labute approximate surface area is 123 Å². The van der Waals surface area contributed by atoms with Crippen molar-refractivity contribution in [3.8, 4) is 0 Å². The molecule has 0 aromatic heterocycles. The molecule has 4 heteroatoms. The van der Waals surface area contributed by atoms with Gasteiger partial charge in [-0.05, 0) is 37.5 Å². The quantitative estimate of drug-likeness (QED) is 0.629. The first-order valence-corrected chi connectivity index (χ1v) is 8.27. The summed E-state index contributed by atoms with van der Waals surface area (Å²) in [6.07, 6.45) is 9.08. The summed E-state index contributed by atoms with van der Waals surface area (Å²) in [5.41, 5.74) is 0. The molecular formula is C16H32N2O2. The van der Waals surface area contributed by atoms with Gasteiger partial charge < -0.3 is 15.7 Å². The Bertz CT molecular complexity index is 261. The van der Waals surface area contributed by atoms with Crippen molar-refractivity contribution in [1.82, 2.24) is 10.6 Å². The van der Waals surface area contributed by atoms with Crippen LogP contribution < -0.4 is 10.6 Å². The molecule has 1 saturated carbocycles. The number of aliphatic hydroxyl groups is 1. The molecule has 20 heavy (non-hydrogen) atoms. The monoisotopic (exact) mass is 284 g/mol. The highest BCUT2D eigenvalue weighted by molar-refractivity contribution is 5.74. The highest BCUT2D eigenvalue weighted by Gasteiger charge is 2.16. The van der Waals surface area contributed by atoms with Crippen LogP contribution in [-0.2, 0) is 0 Å². The fourth-order valence-corrected chi connectivity index (χ4v) is 3.05. The first kappa shape index (κ1) is 17.3. The summed E-state index contributed by atoms with van der Waals surface area (Å²) in [6, 6.07) is 0.308. The van der Waals surface area contributed by atoms with E-state index in [-0.39, 0.29) is 12.6 Å². The average molecular weight is 284 g/mol. The summed E-state index contributed by atoms with van der Waals surface area (Å²) >= 11 is 0. The Hall–Kier alpha value is -0.770. The van der Waals surface area contributed by atoms with Crippen molar-refractivity contribution in [2.45, 2.75) is 71.3 Å². The Morgan fingerprint density at radius 1 is 1.20 bits per heavy atom. The van der Waals surface area contributed by atoms with Gasteiger partial charge in [-0.2, -0.15) is 0 Å². The third kappa shape index (κ3) is 7.73. The summed E-state index contributed by atoms with van der Waals surface area (Å²) < 4.78 is 0. The molecule has 0 aromatic carbocycles. The van der Waals surface area contributed by atoms with Crippen LogP contribution in [0.4, 0.5) is 4.79 Å². The SMILES string of the molecule is CC(C)CC(CCO)CNC(=O)NC1CCCCCC1. The zero-order valence-electron chi connectivity index (χ0n) is 13.2. The molecule has 0 bridgehead atoms. The van der Waals surface area contributed by atoms with E-state index in [4.69, 9.17) is 5.11 Å². The van der Waals surface area contributed by atoms with Crippen molar-refractivity contribution in [3.63, 3.8) is 0 Å². The molecule has 0 aromatic rings. The molecule has 0 radical (unpaired) electrons. The molecule has 1 atom stereocenters. The number of rotatable bonds is 7. The highest BCUT2D eigenvalue weighted by Crippen LogP contribution is 2.17. The molecule has 1 fully saturated rings. The minimum absolute atomic E-state index is 0.0383. The third-order valence-electron chi connectivity index (χ3n) is 4.08. The predicted molar refractivity (Wildman–Crippen MR) is 82.7 cm³/mol. The normalized spacial score (nSPS) is 18.6. The van der Waals surface area contributed by atoms with Crippen molar-refractivity contribution in [2.24, 2.45) is 11.8 Å². The first-order chi connectivity index (χ1) is 9.61. The summed E-state index contributed by atoms with van der Waals surface area (Å²) in [4.78, 5) is 11.9. The van der Waals surface area contributed by atoms with Crippen LogP contribution in [-0.4, -0.2) is 30.3 Å². The van der Waals surface area contributed by atoms with Gasteiger partial charge in [0.15, 0.2) is 0 Å². The third-order valence-corrected chi connectivity index (χ3v) is 4.08.